The van der Waals surface area contributed by atoms with Crippen molar-refractivity contribution in [1.29, 1.82) is 0 Å². The summed E-state index contributed by atoms with van der Waals surface area (Å²) in [5.74, 6) is -0.280. The highest BCUT2D eigenvalue weighted by Crippen LogP contribution is 2.19. The lowest BCUT2D eigenvalue weighted by Crippen LogP contribution is -2.13. The number of rotatable bonds is 6. The maximum Gasteiger partial charge on any atom is 0.263 e. The first kappa shape index (κ1) is 18.5. The van der Waals surface area contributed by atoms with Crippen molar-refractivity contribution in [3.63, 3.8) is 0 Å². The predicted octanol–water partition coefficient (Wildman–Crippen LogP) is 2.70. The summed E-state index contributed by atoms with van der Waals surface area (Å²) in [5.41, 5.74) is 2.53. The number of phenolic OH excluding ortho intramolecular Hbond substituents is 1. The Morgan fingerprint density at radius 3 is 2.59 bits per heavy atom. The number of benzene rings is 2. The van der Waals surface area contributed by atoms with E-state index in [0.29, 0.717) is 11.3 Å². The van der Waals surface area contributed by atoms with Crippen molar-refractivity contribution < 1.29 is 18.3 Å². The maximum atomic E-state index is 12.2. The molecule has 0 aliphatic carbocycles. The number of hydrogen-bond donors (Lipinski definition) is 3. The zero-order valence-corrected chi connectivity index (χ0v) is 15.4. The van der Waals surface area contributed by atoms with E-state index in [-0.39, 0.29) is 21.7 Å². The first-order chi connectivity index (χ1) is 12.9. The third-order valence-corrected chi connectivity index (χ3v) is 5.40. The van der Waals surface area contributed by atoms with E-state index in [4.69, 9.17) is 0 Å². The van der Waals surface area contributed by atoms with E-state index in [9.17, 15) is 18.3 Å². The smallest absolute Gasteiger partial charge is 0.263 e. The van der Waals surface area contributed by atoms with Crippen molar-refractivity contribution in [2.75, 3.05) is 10.0 Å². The van der Waals surface area contributed by atoms with Gasteiger partial charge >= 0.3 is 0 Å². The van der Waals surface area contributed by atoms with Gasteiger partial charge in [-0.25, -0.2) is 8.42 Å². The Balaban J connectivity index is 1.64. The van der Waals surface area contributed by atoms with Crippen molar-refractivity contribution in [1.82, 2.24) is 10.2 Å². The molecule has 3 N–H and O–H groups in total. The second kappa shape index (κ2) is 7.98. The van der Waals surface area contributed by atoms with Crippen molar-refractivity contribution >= 4 is 44.2 Å². The third kappa shape index (κ3) is 5.12. The molecule has 0 bridgehead atoms. The third-order valence-electron chi connectivity index (χ3n) is 3.31. The first-order valence-corrected chi connectivity index (χ1v) is 9.96. The number of carbonyl (C=O) groups excluding carboxylic acids is 1. The number of anilines is 2. The van der Waals surface area contributed by atoms with Gasteiger partial charge in [-0.05, 0) is 48.0 Å². The number of aromatic hydroxyl groups is 1. The van der Waals surface area contributed by atoms with Gasteiger partial charge in [0.15, 0.2) is 0 Å². The van der Waals surface area contributed by atoms with Gasteiger partial charge < -0.3 is 10.4 Å². The van der Waals surface area contributed by atoms with Gasteiger partial charge in [-0.2, -0.15) is 0 Å². The molecule has 0 spiro atoms. The average Bonchev–Trinajstić information content (AvgIpc) is 3.13. The van der Waals surface area contributed by atoms with E-state index in [2.05, 4.69) is 20.2 Å². The largest absolute Gasteiger partial charge is 0.508 e. The second-order valence-corrected chi connectivity index (χ2v) is 7.81. The summed E-state index contributed by atoms with van der Waals surface area (Å²) in [4.78, 5) is 12.0. The number of hydrogen-bond acceptors (Lipinski definition) is 7. The SMILES string of the molecule is O=C(C=Cc1cccc(O)c1)Nc1ccc(S(=O)(=O)Nc2nncs2)cc1. The minimum atomic E-state index is -3.77. The lowest BCUT2D eigenvalue weighted by atomic mass is 10.2. The molecular formula is C17H14N4O4S2. The molecule has 10 heteroatoms. The van der Waals surface area contributed by atoms with Gasteiger partial charge in [-0.1, -0.05) is 23.5 Å². The molecule has 1 heterocycles. The van der Waals surface area contributed by atoms with Gasteiger partial charge in [0.05, 0.1) is 4.90 Å². The molecule has 1 amide bonds. The molecule has 2 aromatic carbocycles. The normalized spacial score (nSPS) is 11.4. The molecule has 0 aliphatic rings. The minimum absolute atomic E-state index is 0.0333. The fraction of sp³-hybridized carbons (Fsp3) is 0. The van der Waals surface area contributed by atoms with Crippen LogP contribution in [0, 0.1) is 0 Å². The number of amides is 1. The number of nitrogens with zero attached hydrogens (tertiary/aromatic N) is 2. The van der Waals surface area contributed by atoms with Crippen LogP contribution >= 0.6 is 11.3 Å². The number of nitrogens with one attached hydrogen (secondary N) is 2. The molecule has 0 atom stereocenters. The number of aromatic nitrogens is 2. The maximum absolute atomic E-state index is 12.2. The zero-order chi connectivity index (χ0) is 19.3. The van der Waals surface area contributed by atoms with E-state index in [1.54, 1.807) is 18.2 Å². The monoisotopic (exact) mass is 402 g/mol. The molecule has 138 valence electrons. The summed E-state index contributed by atoms with van der Waals surface area (Å²) in [7, 11) is -3.77. The van der Waals surface area contributed by atoms with Crippen LogP contribution in [0.25, 0.3) is 6.08 Å². The molecule has 1 aromatic heterocycles. The first-order valence-electron chi connectivity index (χ1n) is 7.59. The van der Waals surface area contributed by atoms with Gasteiger partial charge in [-0.15, -0.1) is 10.2 Å². The standard InChI is InChI=1S/C17H14N4O4S2/c22-14-3-1-2-12(10-14)4-9-16(23)19-13-5-7-15(8-6-13)27(24,25)21-17-20-18-11-26-17/h1-11,22H,(H,19,23)(H,20,21). The van der Waals surface area contributed by atoms with Crippen LogP contribution in [0.4, 0.5) is 10.8 Å². The number of phenols is 1. The average molecular weight is 402 g/mol. The van der Waals surface area contributed by atoms with Crippen LogP contribution < -0.4 is 10.0 Å². The van der Waals surface area contributed by atoms with Crippen molar-refractivity contribution in [3.8, 4) is 5.75 Å². The Hall–Kier alpha value is -3.24. The molecule has 27 heavy (non-hydrogen) atoms. The van der Waals surface area contributed by atoms with Gasteiger partial charge in [0.2, 0.25) is 11.0 Å². The Kier molecular flexibility index (Phi) is 5.48. The Morgan fingerprint density at radius 2 is 1.93 bits per heavy atom. The van der Waals surface area contributed by atoms with Crippen LogP contribution in [-0.2, 0) is 14.8 Å². The Bertz CT molecular complexity index is 1060. The number of carbonyl (C=O) groups is 1. The molecule has 0 saturated heterocycles. The quantitative estimate of drug-likeness (QED) is 0.545. The molecule has 3 rings (SSSR count). The Morgan fingerprint density at radius 1 is 1.15 bits per heavy atom. The van der Waals surface area contributed by atoms with Gasteiger partial charge in [0.1, 0.15) is 11.3 Å². The van der Waals surface area contributed by atoms with E-state index in [1.807, 2.05) is 0 Å². The van der Waals surface area contributed by atoms with E-state index >= 15 is 0 Å². The Labute approximate surface area is 159 Å². The highest BCUT2D eigenvalue weighted by atomic mass is 32.2. The van der Waals surface area contributed by atoms with E-state index in [1.165, 1.54) is 48.0 Å². The van der Waals surface area contributed by atoms with Gasteiger partial charge in [-0.3, -0.25) is 9.52 Å². The van der Waals surface area contributed by atoms with Crippen LogP contribution in [0.15, 0.2) is 65.0 Å². The molecule has 0 aliphatic heterocycles. The number of sulfonamides is 1. The summed E-state index contributed by atoms with van der Waals surface area (Å²) in [6, 6.07) is 12.2. The summed E-state index contributed by atoms with van der Waals surface area (Å²) >= 11 is 1.07. The topological polar surface area (TPSA) is 121 Å². The minimum Gasteiger partial charge on any atom is -0.508 e. The molecule has 0 fully saturated rings. The summed E-state index contributed by atoms with van der Waals surface area (Å²) in [5, 5.41) is 19.4. The summed E-state index contributed by atoms with van der Waals surface area (Å²) < 4.78 is 26.8. The molecule has 0 saturated carbocycles. The summed E-state index contributed by atoms with van der Waals surface area (Å²) in [6.45, 7) is 0. The van der Waals surface area contributed by atoms with Gasteiger partial charge in [0, 0.05) is 11.8 Å². The highest BCUT2D eigenvalue weighted by Gasteiger charge is 2.15. The second-order valence-electron chi connectivity index (χ2n) is 5.29. The lowest BCUT2D eigenvalue weighted by Gasteiger charge is -2.06. The molecule has 0 radical (unpaired) electrons. The molecule has 0 unspecified atom stereocenters. The van der Waals surface area contributed by atoms with Crippen molar-refractivity contribution in [3.05, 3.63) is 65.7 Å². The highest BCUT2D eigenvalue weighted by molar-refractivity contribution is 7.93. The van der Waals surface area contributed by atoms with Crippen LogP contribution in [0.2, 0.25) is 0 Å². The van der Waals surface area contributed by atoms with Crippen molar-refractivity contribution in [2.24, 2.45) is 0 Å². The lowest BCUT2D eigenvalue weighted by molar-refractivity contribution is -0.111. The van der Waals surface area contributed by atoms with Crippen molar-refractivity contribution in [2.45, 2.75) is 4.90 Å². The van der Waals surface area contributed by atoms with E-state index in [0.717, 1.165) is 11.3 Å². The van der Waals surface area contributed by atoms with Crippen LogP contribution in [-0.4, -0.2) is 29.6 Å². The molecule has 8 nitrogen and oxygen atoms in total. The molecular weight excluding hydrogens is 388 g/mol. The van der Waals surface area contributed by atoms with Gasteiger partial charge in [0.25, 0.3) is 10.0 Å². The van der Waals surface area contributed by atoms with Crippen LogP contribution in [0.1, 0.15) is 5.56 Å². The van der Waals surface area contributed by atoms with Crippen LogP contribution in [0.3, 0.4) is 0 Å². The fourth-order valence-corrected chi connectivity index (χ4v) is 3.79. The van der Waals surface area contributed by atoms with E-state index < -0.39 is 10.0 Å². The zero-order valence-electron chi connectivity index (χ0n) is 13.7. The summed E-state index contributed by atoms with van der Waals surface area (Å²) in [6.07, 6.45) is 2.87. The fourth-order valence-electron chi connectivity index (χ4n) is 2.09. The van der Waals surface area contributed by atoms with Crippen LogP contribution in [0.5, 0.6) is 5.75 Å². The predicted molar refractivity (Wildman–Crippen MR) is 103 cm³/mol. The molecule has 3 aromatic rings.